The fraction of sp³-hybridized carbons (Fsp3) is 0.421. The number of urea groups is 1. The molecular weight excluding hydrogens is 332 g/mol. The molecule has 0 saturated carbocycles. The first kappa shape index (κ1) is 16.6. The zero-order chi connectivity index (χ0) is 18.3. The van der Waals surface area contributed by atoms with Gasteiger partial charge in [-0.3, -0.25) is 14.4 Å². The number of likely N-dealkylation sites (tertiary alicyclic amines) is 1. The molecule has 1 aromatic heterocycles. The van der Waals surface area contributed by atoms with Gasteiger partial charge < -0.3 is 10.0 Å². The maximum absolute atomic E-state index is 13.2. The average molecular weight is 354 g/mol. The molecule has 1 saturated heterocycles. The molecule has 3 heterocycles. The van der Waals surface area contributed by atoms with Crippen LogP contribution in [0.15, 0.2) is 36.7 Å². The lowest BCUT2D eigenvalue weighted by molar-refractivity contribution is -0.143. The number of fused-ring (bicyclic) bond motifs is 1. The third-order valence-corrected chi connectivity index (χ3v) is 5.38. The summed E-state index contributed by atoms with van der Waals surface area (Å²) in [7, 11) is 1.84. The molecule has 2 atom stereocenters. The molecule has 7 heteroatoms. The van der Waals surface area contributed by atoms with E-state index in [1.54, 1.807) is 20.7 Å². The van der Waals surface area contributed by atoms with Gasteiger partial charge in [0, 0.05) is 44.5 Å². The van der Waals surface area contributed by atoms with Gasteiger partial charge in [0.2, 0.25) is 0 Å². The number of aromatic nitrogens is 2. The van der Waals surface area contributed by atoms with E-state index in [4.69, 9.17) is 0 Å². The largest absolute Gasteiger partial charge is 0.481 e. The van der Waals surface area contributed by atoms with E-state index in [0.29, 0.717) is 19.5 Å². The van der Waals surface area contributed by atoms with Gasteiger partial charge >= 0.3 is 12.0 Å². The van der Waals surface area contributed by atoms with Crippen molar-refractivity contribution in [2.75, 3.05) is 24.5 Å². The minimum Gasteiger partial charge on any atom is -0.481 e. The van der Waals surface area contributed by atoms with Gasteiger partial charge in [-0.1, -0.05) is 18.2 Å². The van der Waals surface area contributed by atoms with E-state index in [9.17, 15) is 14.7 Å². The molecular formula is C19H22N4O3. The van der Waals surface area contributed by atoms with Crippen LogP contribution in [0.5, 0.6) is 0 Å². The second-order valence-corrected chi connectivity index (χ2v) is 7.13. The molecule has 4 rings (SSSR count). The molecule has 2 aliphatic heterocycles. The molecule has 0 bridgehead atoms. The molecule has 1 fully saturated rings. The first-order valence-corrected chi connectivity index (χ1v) is 8.88. The second kappa shape index (κ2) is 6.48. The van der Waals surface area contributed by atoms with Crippen LogP contribution in [0.2, 0.25) is 0 Å². The minimum absolute atomic E-state index is 0.0136. The number of carboxylic acids is 1. The van der Waals surface area contributed by atoms with E-state index in [2.05, 4.69) is 5.10 Å². The first-order chi connectivity index (χ1) is 12.5. The number of nitrogens with zero attached hydrogens (tertiary/aromatic N) is 4. The fourth-order valence-electron chi connectivity index (χ4n) is 4.03. The van der Waals surface area contributed by atoms with Crippen molar-refractivity contribution in [1.82, 2.24) is 14.7 Å². The maximum Gasteiger partial charge on any atom is 0.324 e. The van der Waals surface area contributed by atoms with E-state index in [-0.39, 0.29) is 18.5 Å². The number of aliphatic carboxylic acids is 1. The molecule has 0 aliphatic carbocycles. The highest BCUT2D eigenvalue weighted by atomic mass is 16.4. The molecule has 1 aromatic carbocycles. The summed E-state index contributed by atoms with van der Waals surface area (Å²) in [6.07, 6.45) is 5.04. The second-order valence-electron chi connectivity index (χ2n) is 7.13. The van der Waals surface area contributed by atoms with Gasteiger partial charge in [-0.2, -0.15) is 5.10 Å². The van der Waals surface area contributed by atoms with Gasteiger partial charge in [-0.05, 0) is 30.0 Å². The van der Waals surface area contributed by atoms with Crippen LogP contribution >= 0.6 is 0 Å². The molecule has 2 aliphatic rings. The van der Waals surface area contributed by atoms with Crippen LogP contribution in [-0.2, 0) is 18.3 Å². The minimum atomic E-state index is -0.849. The molecule has 1 N–H and O–H groups in total. The number of aryl methyl sites for hydroxylation is 1. The number of hydrogen-bond donors (Lipinski definition) is 1. The molecule has 26 heavy (non-hydrogen) atoms. The van der Waals surface area contributed by atoms with Crippen LogP contribution in [0.1, 0.15) is 23.5 Å². The van der Waals surface area contributed by atoms with Crippen molar-refractivity contribution in [2.24, 2.45) is 13.0 Å². The van der Waals surface area contributed by atoms with Crippen LogP contribution < -0.4 is 4.90 Å². The number of piperidine rings is 1. The predicted molar refractivity (Wildman–Crippen MR) is 96.2 cm³/mol. The Bertz CT molecular complexity index is 847. The highest BCUT2D eigenvalue weighted by Crippen LogP contribution is 2.33. The van der Waals surface area contributed by atoms with E-state index in [0.717, 1.165) is 23.2 Å². The van der Waals surface area contributed by atoms with E-state index in [1.165, 1.54) is 0 Å². The number of carbonyl (C=O) groups is 2. The molecule has 0 radical (unpaired) electrons. The van der Waals surface area contributed by atoms with Crippen molar-refractivity contribution in [1.29, 1.82) is 0 Å². The average Bonchev–Trinajstić information content (AvgIpc) is 3.27. The van der Waals surface area contributed by atoms with Crippen molar-refractivity contribution < 1.29 is 14.7 Å². The fourth-order valence-corrected chi connectivity index (χ4v) is 4.03. The van der Waals surface area contributed by atoms with Crippen LogP contribution in [0.4, 0.5) is 10.5 Å². The Kier molecular flexibility index (Phi) is 4.14. The summed E-state index contributed by atoms with van der Waals surface area (Å²) in [5, 5.41) is 13.8. The van der Waals surface area contributed by atoms with E-state index in [1.807, 2.05) is 37.5 Å². The third kappa shape index (κ3) is 2.94. The van der Waals surface area contributed by atoms with Gasteiger partial charge in [-0.15, -0.1) is 0 Å². The highest BCUT2D eigenvalue weighted by molar-refractivity contribution is 5.94. The number of hydrogen-bond acceptors (Lipinski definition) is 3. The topological polar surface area (TPSA) is 78.7 Å². The van der Waals surface area contributed by atoms with Crippen LogP contribution in [-0.4, -0.2) is 51.4 Å². The summed E-state index contributed by atoms with van der Waals surface area (Å²) < 4.78 is 1.71. The molecule has 2 amide bonds. The van der Waals surface area contributed by atoms with Gasteiger partial charge in [0.1, 0.15) is 0 Å². The number of rotatable bonds is 2. The van der Waals surface area contributed by atoms with Crippen LogP contribution in [0.25, 0.3) is 0 Å². The Labute approximate surface area is 151 Å². The lowest BCUT2D eigenvalue weighted by Gasteiger charge is -2.38. The van der Waals surface area contributed by atoms with Crippen molar-refractivity contribution >= 4 is 17.7 Å². The summed E-state index contributed by atoms with van der Waals surface area (Å²) in [5.74, 6) is -1.42. The van der Waals surface area contributed by atoms with Gasteiger partial charge in [-0.25, -0.2) is 4.79 Å². The highest BCUT2D eigenvalue weighted by Gasteiger charge is 2.37. The summed E-state index contributed by atoms with van der Waals surface area (Å²) in [5.41, 5.74) is 3.09. The zero-order valence-corrected chi connectivity index (χ0v) is 14.7. The summed E-state index contributed by atoms with van der Waals surface area (Å²) in [6.45, 7) is 1.42. The molecule has 2 unspecified atom stereocenters. The molecule has 136 valence electrons. The normalized spacial score (nSPS) is 22.3. The SMILES string of the molecule is Cn1cc(C2CC(C(=O)O)CN(C(=O)N3CCc4ccccc43)C2)cn1. The van der Waals surface area contributed by atoms with E-state index >= 15 is 0 Å². The molecule has 2 aromatic rings. The number of anilines is 1. The van der Waals surface area contributed by atoms with Gasteiger partial charge in [0.05, 0.1) is 12.1 Å². The Hall–Kier alpha value is -2.83. The van der Waals surface area contributed by atoms with Crippen LogP contribution in [0, 0.1) is 5.92 Å². The summed E-state index contributed by atoms with van der Waals surface area (Å²) in [6, 6.07) is 7.80. The zero-order valence-electron chi connectivity index (χ0n) is 14.7. The molecule has 0 spiro atoms. The van der Waals surface area contributed by atoms with E-state index < -0.39 is 11.9 Å². The number of carbonyl (C=O) groups excluding carboxylic acids is 1. The number of benzene rings is 1. The quantitative estimate of drug-likeness (QED) is 0.896. The number of para-hydroxylation sites is 1. The van der Waals surface area contributed by atoms with Gasteiger partial charge in [0.15, 0.2) is 0 Å². The van der Waals surface area contributed by atoms with Crippen molar-refractivity contribution in [3.8, 4) is 0 Å². The lowest BCUT2D eigenvalue weighted by atomic mass is 9.86. The monoisotopic (exact) mass is 354 g/mol. The number of amides is 2. The lowest BCUT2D eigenvalue weighted by Crippen LogP contribution is -2.50. The van der Waals surface area contributed by atoms with Crippen molar-refractivity contribution in [3.63, 3.8) is 0 Å². The standard InChI is InChI=1S/C19H22N4O3/c1-21-10-16(9-20-21)14-8-15(18(24)25)12-22(11-14)19(26)23-7-6-13-4-2-3-5-17(13)23/h2-5,9-10,14-15H,6-8,11-12H2,1H3,(H,24,25). The van der Waals surface area contributed by atoms with Crippen LogP contribution in [0.3, 0.4) is 0 Å². The Morgan fingerprint density at radius 1 is 1.23 bits per heavy atom. The third-order valence-electron chi connectivity index (χ3n) is 5.38. The Morgan fingerprint density at radius 2 is 2.04 bits per heavy atom. The van der Waals surface area contributed by atoms with Crippen molar-refractivity contribution in [3.05, 3.63) is 47.8 Å². The Balaban J connectivity index is 1.58. The summed E-state index contributed by atoms with van der Waals surface area (Å²) >= 11 is 0. The van der Waals surface area contributed by atoms with Crippen molar-refractivity contribution in [2.45, 2.75) is 18.8 Å². The number of carboxylic acid groups (broad SMARTS) is 1. The first-order valence-electron chi connectivity index (χ1n) is 8.88. The maximum atomic E-state index is 13.2. The predicted octanol–water partition coefficient (Wildman–Crippen LogP) is 2.09. The van der Waals surface area contributed by atoms with Gasteiger partial charge in [0.25, 0.3) is 0 Å². The molecule has 7 nitrogen and oxygen atoms in total. The Morgan fingerprint density at radius 3 is 2.77 bits per heavy atom. The summed E-state index contributed by atoms with van der Waals surface area (Å²) in [4.78, 5) is 28.3. The smallest absolute Gasteiger partial charge is 0.324 e.